The summed E-state index contributed by atoms with van der Waals surface area (Å²) >= 11 is -1.92. The van der Waals surface area contributed by atoms with Gasteiger partial charge in [0, 0.05) is 7.11 Å². The molecule has 0 spiro atoms. The second kappa shape index (κ2) is 11.5. The quantitative estimate of drug-likeness (QED) is 0.523. The Labute approximate surface area is 120 Å². The zero-order valence-corrected chi connectivity index (χ0v) is 13.3. The predicted octanol–water partition coefficient (Wildman–Crippen LogP) is 5.09. The average molecular weight is 328 g/mol. The van der Waals surface area contributed by atoms with Crippen LogP contribution in [-0.4, -0.2) is 13.7 Å². The zero-order chi connectivity index (χ0) is 13.1. The minimum absolute atomic E-state index is 0.569. The summed E-state index contributed by atoms with van der Waals surface area (Å²) in [6.45, 7) is 3.95. The van der Waals surface area contributed by atoms with Crippen molar-refractivity contribution in [2.24, 2.45) is 0 Å². The van der Waals surface area contributed by atoms with Crippen molar-refractivity contribution < 1.29 is 19.4 Å². The maximum atomic E-state index is 4.97. The van der Waals surface area contributed by atoms with Crippen LogP contribution in [0.1, 0.15) is 0 Å². The Morgan fingerprint density at radius 2 is 1.76 bits per heavy atom. The second-order valence-corrected chi connectivity index (χ2v) is 10.6. The SMILES string of the molecule is [CH2-]COC.[Cl][Ti]([Cl])[Cl].c1ccc2[cH-]ccc2c1. The Hall–Kier alpha value is 0.374. The number of fused-ring (bicyclic) bond motifs is 1. The molecule has 0 aliphatic carbocycles. The van der Waals surface area contributed by atoms with Crippen molar-refractivity contribution in [1.29, 1.82) is 0 Å². The zero-order valence-electron chi connectivity index (χ0n) is 9.50. The van der Waals surface area contributed by atoms with Crippen LogP contribution < -0.4 is 0 Å². The van der Waals surface area contributed by atoms with Gasteiger partial charge in [0.1, 0.15) is 0 Å². The average Bonchev–Trinajstić information content (AvgIpc) is 2.76. The molecule has 1 nitrogen and oxygen atoms in total. The van der Waals surface area contributed by atoms with E-state index in [-0.39, 0.29) is 0 Å². The molecule has 5 heteroatoms. The summed E-state index contributed by atoms with van der Waals surface area (Å²) in [6, 6.07) is 14.7. The third-order valence-corrected chi connectivity index (χ3v) is 1.75. The fraction of sp³-hybridized carbons (Fsp3) is 0.167. The molecule has 0 radical (unpaired) electrons. The molecule has 2 rings (SSSR count). The molecule has 0 aliphatic heterocycles. The molecule has 2 aromatic carbocycles. The van der Waals surface area contributed by atoms with Crippen molar-refractivity contribution >= 4 is 38.7 Å². The van der Waals surface area contributed by atoms with Crippen LogP contribution >= 0.6 is 27.9 Å². The molecule has 0 N–H and O–H groups in total. The minimum Gasteiger partial charge on any atom is -0.168 e. The first-order chi connectivity index (χ1) is 8.11. The maximum Gasteiger partial charge on any atom is -0.0809 e. The van der Waals surface area contributed by atoms with Gasteiger partial charge in [-0.05, 0) is 0 Å². The van der Waals surface area contributed by atoms with Crippen molar-refractivity contribution in [3.8, 4) is 0 Å². The summed E-state index contributed by atoms with van der Waals surface area (Å²) in [5.41, 5.74) is 0. The van der Waals surface area contributed by atoms with Crippen molar-refractivity contribution in [2.75, 3.05) is 13.7 Å². The smallest absolute Gasteiger partial charge is 0.0809 e. The third-order valence-electron chi connectivity index (χ3n) is 1.75. The molecule has 0 amide bonds. The van der Waals surface area contributed by atoms with Gasteiger partial charge in [0.15, 0.2) is 0 Å². The molecule has 0 saturated heterocycles. The van der Waals surface area contributed by atoms with E-state index < -0.39 is 14.7 Å². The molecule has 0 atom stereocenters. The first kappa shape index (κ1) is 17.4. The van der Waals surface area contributed by atoms with Crippen LogP contribution in [0.2, 0.25) is 0 Å². The Kier molecular flexibility index (Phi) is 11.7. The van der Waals surface area contributed by atoms with E-state index in [4.69, 9.17) is 27.9 Å². The standard InChI is InChI=1S/C9H7.C3H7O.3ClH.Ti/c1-2-5-9-7-3-6-8(9)4-1;1-3-4-2;;;;/h1-7H;1,3H2,2H3;3*1H;/q2*-1;;;;+3/p-3. The van der Waals surface area contributed by atoms with Crippen LogP contribution in [0.15, 0.2) is 42.5 Å². The van der Waals surface area contributed by atoms with Gasteiger partial charge in [0.05, 0.1) is 0 Å². The number of ether oxygens (including phenoxy) is 1. The normalized spacial score (nSPS) is 8.76. The number of hydrogen-bond acceptors (Lipinski definition) is 1. The van der Waals surface area contributed by atoms with Gasteiger partial charge in [-0.25, -0.2) is 0 Å². The number of halogens is 3. The molecule has 0 unspecified atom stereocenters. The molecule has 0 heterocycles. The molecule has 0 aromatic heterocycles. The van der Waals surface area contributed by atoms with E-state index in [0.29, 0.717) is 6.61 Å². The van der Waals surface area contributed by atoms with Gasteiger partial charge in [0.2, 0.25) is 0 Å². The van der Waals surface area contributed by atoms with E-state index in [1.807, 2.05) is 0 Å². The number of benzene rings is 1. The summed E-state index contributed by atoms with van der Waals surface area (Å²) in [7, 11) is 16.5. The van der Waals surface area contributed by atoms with Gasteiger partial charge < -0.3 is 11.7 Å². The van der Waals surface area contributed by atoms with E-state index in [9.17, 15) is 0 Å². The summed E-state index contributed by atoms with van der Waals surface area (Å²) in [6.07, 6.45) is 0. The van der Waals surface area contributed by atoms with Crippen molar-refractivity contribution in [2.45, 2.75) is 0 Å². The summed E-state index contributed by atoms with van der Waals surface area (Å²) < 4.78 is 4.43. The van der Waals surface area contributed by atoms with Gasteiger partial charge in [-0.15, -0.1) is 29.7 Å². The van der Waals surface area contributed by atoms with Gasteiger partial charge >= 0.3 is 42.6 Å². The topological polar surface area (TPSA) is 9.23 Å². The van der Waals surface area contributed by atoms with Crippen LogP contribution in [0.4, 0.5) is 0 Å². The molecule has 17 heavy (non-hydrogen) atoms. The van der Waals surface area contributed by atoms with Gasteiger partial charge in [0.25, 0.3) is 0 Å². The van der Waals surface area contributed by atoms with E-state index in [1.54, 1.807) is 7.11 Å². The van der Waals surface area contributed by atoms with Crippen molar-refractivity contribution in [3.63, 3.8) is 0 Å². The molecule has 95 valence electrons. The molecule has 0 bridgehead atoms. The summed E-state index contributed by atoms with van der Waals surface area (Å²) in [5.74, 6) is 0. The fourth-order valence-corrected chi connectivity index (χ4v) is 1.07. The summed E-state index contributed by atoms with van der Waals surface area (Å²) in [5, 5.41) is 2.66. The Morgan fingerprint density at radius 1 is 1.24 bits per heavy atom. The maximum absolute atomic E-state index is 4.97. The van der Waals surface area contributed by atoms with Crippen LogP contribution in [0.25, 0.3) is 10.8 Å². The van der Waals surface area contributed by atoms with Crippen LogP contribution in [-0.2, 0) is 19.4 Å². The molecular formula is C12H14Cl3OTi-2. The Balaban J connectivity index is 0.000000274. The van der Waals surface area contributed by atoms with Gasteiger partial charge in [-0.1, -0.05) is 12.7 Å². The van der Waals surface area contributed by atoms with E-state index in [1.165, 1.54) is 10.8 Å². The van der Waals surface area contributed by atoms with Gasteiger partial charge in [-0.3, -0.25) is 0 Å². The third kappa shape index (κ3) is 10.0. The minimum atomic E-state index is -1.92. The molecule has 0 aliphatic rings. The monoisotopic (exact) mass is 327 g/mol. The number of hydrogen-bond donors (Lipinski definition) is 0. The fourth-order valence-electron chi connectivity index (χ4n) is 1.07. The van der Waals surface area contributed by atoms with E-state index in [0.717, 1.165) is 0 Å². The van der Waals surface area contributed by atoms with Crippen LogP contribution in [0, 0.1) is 6.92 Å². The first-order valence-corrected chi connectivity index (χ1v) is 11.3. The van der Waals surface area contributed by atoms with E-state index >= 15 is 0 Å². The second-order valence-electron chi connectivity index (χ2n) is 2.86. The van der Waals surface area contributed by atoms with E-state index in [2.05, 4.69) is 54.1 Å². The Bertz CT molecular complexity index is 355. The predicted molar refractivity (Wildman–Crippen MR) is 74.3 cm³/mol. The van der Waals surface area contributed by atoms with Crippen LogP contribution in [0.3, 0.4) is 0 Å². The summed E-state index contributed by atoms with van der Waals surface area (Å²) in [4.78, 5) is 0. The van der Waals surface area contributed by atoms with Gasteiger partial charge in [-0.2, -0.15) is 17.5 Å². The van der Waals surface area contributed by atoms with Crippen molar-refractivity contribution in [3.05, 3.63) is 49.4 Å². The molecule has 2 aromatic rings. The number of methoxy groups -OCH3 is 1. The molecular weight excluding hydrogens is 314 g/mol. The molecule has 0 fully saturated rings. The largest absolute Gasteiger partial charge is 0.168 e. The first-order valence-electron chi connectivity index (χ1n) is 4.84. The molecule has 0 saturated carbocycles. The van der Waals surface area contributed by atoms with Crippen molar-refractivity contribution in [1.82, 2.24) is 0 Å². The number of rotatable bonds is 1. The van der Waals surface area contributed by atoms with Crippen LogP contribution in [0.5, 0.6) is 0 Å². The Morgan fingerprint density at radius 3 is 2.24 bits per heavy atom.